The first-order valence-electron chi connectivity index (χ1n) is 11.6. The first-order chi connectivity index (χ1) is 15.0. The van der Waals surface area contributed by atoms with E-state index < -0.39 is 12.2 Å². The average molecular weight is 437 g/mol. The van der Waals surface area contributed by atoms with Crippen LogP contribution in [0.1, 0.15) is 77.7 Å². The molecule has 0 aliphatic heterocycles. The minimum absolute atomic E-state index is 0.0222. The summed E-state index contributed by atoms with van der Waals surface area (Å²) in [4.78, 5) is 24.8. The molecule has 0 radical (unpaired) electrons. The van der Waals surface area contributed by atoms with Gasteiger partial charge in [-0.3, -0.25) is 4.79 Å². The van der Waals surface area contributed by atoms with Crippen LogP contribution in [0.15, 0.2) is 18.2 Å². The van der Waals surface area contributed by atoms with Gasteiger partial charge < -0.3 is 18.9 Å². The van der Waals surface area contributed by atoms with E-state index in [2.05, 4.69) is 13.8 Å². The summed E-state index contributed by atoms with van der Waals surface area (Å²) in [5.41, 5.74) is 0.900. The van der Waals surface area contributed by atoms with E-state index in [1.807, 2.05) is 19.1 Å². The molecule has 0 spiro atoms. The Hall–Kier alpha value is -2.08. The fourth-order valence-electron chi connectivity index (χ4n) is 3.24. The van der Waals surface area contributed by atoms with E-state index in [1.165, 1.54) is 7.11 Å². The highest BCUT2D eigenvalue weighted by Crippen LogP contribution is 2.28. The summed E-state index contributed by atoms with van der Waals surface area (Å²) in [6.45, 7) is 8.29. The third kappa shape index (κ3) is 10.2. The standard InChI is InChI=1S/C25H40O6/c1-6-9-11-13-22(21(26)18-28-5)31-24-17-20(16-15-19(24)4)30-23(14-12-10-7-2)25(27)29-8-3/h15-17,22-23H,6-14,18H2,1-5H3. The predicted molar refractivity (Wildman–Crippen MR) is 122 cm³/mol. The number of methoxy groups -OCH3 is 1. The molecule has 0 bridgehead atoms. The number of Topliss-reactive ketones (excluding diaryl/α,β-unsaturated/α-hetero) is 1. The van der Waals surface area contributed by atoms with Crippen molar-refractivity contribution < 1.29 is 28.5 Å². The van der Waals surface area contributed by atoms with Crippen LogP contribution in [-0.4, -0.2) is 44.3 Å². The lowest BCUT2D eigenvalue weighted by atomic mass is 10.1. The molecule has 0 fully saturated rings. The molecule has 0 aliphatic carbocycles. The number of ether oxygens (including phenoxy) is 4. The van der Waals surface area contributed by atoms with Gasteiger partial charge in [-0.25, -0.2) is 4.79 Å². The number of hydrogen-bond donors (Lipinski definition) is 0. The van der Waals surface area contributed by atoms with E-state index >= 15 is 0 Å². The Morgan fingerprint density at radius 3 is 2.13 bits per heavy atom. The highest BCUT2D eigenvalue weighted by atomic mass is 16.6. The highest BCUT2D eigenvalue weighted by Gasteiger charge is 2.23. The molecule has 6 heteroatoms. The van der Waals surface area contributed by atoms with Crippen molar-refractivity contribution in [2.24, 2.45) is 0 Å². The van der Waals surface area contributed by atoms with Crippen LogP contribution < -0.4 is 9.47 Å². The van der Waals surface area contributed by atoms with Crippen LogP contribution in [-0.2, 0) is 19.1 Å². The van der Waals surface area contributed by atoms with Crippen LogP contribution in [0.2, 0.25) is 0 Å². The molecule has 0 amide bonds. The molecule has 2 atom stereocenters. The van der Waals surface area contributed by atoms with Crippen molar-refractivity contribution in [3.05, 3.63) is 23.8 Å². The molecule has 0 aliphatic rings. The van der Waals surface area contributed by atoms with Gasteiger partial charge in [-0.05, 0) is 51.2 Å². The van der Waals surface area contributed by atoms with Crippen LogP contribution in [0.3, 0.4) is 0 Å². The van der Waals surface area contributed by atoms with Crippen molar-refractivity contribution in [2.75, 3.05) is 20.3 Å². The molecule has 0 saturated carbocycles. The summed E-state index contributed by atoms with van der Waals surface area (Å²) < 4.78 is 22.3. The molecule has 0 N–H and O–H groups in total. The monoisotopic (exact) mass is 436 g/mol. The molecular formula is C25H40O6. The van der Waals surface area contributed by atoms with Crippen LogP contribution in [0.5, 0.6) is 11.5 Å². The molecule has 176 valence electrons. The Balaban J connectivity index is 2.97. The Labute approximate surface area is 187 Å². The smallest absolute Gasteiger partial charge is 0.347 e. The van der Waals surface area contributed by atoms with Crippen molar-refractivity contribution >= 4 is 11.8 Å². The number of hydrogen-bond acceptors (Lipinski definition) is 6. The molecule has 2 unspecified atom stereocenters. The number of carbonyl (C=O) groups excluding carboxylic acids is 2. The number of rotatable bonds is 17. The molecule has 1 aromatic rings. The van der Waals surface area contributed by atoms with E-state index in [-0.39, 0.29) is 18.4 Å². The van der Waals surface area contributed by atoms with Crippen molar-refractivity contribution in [3.63, 3.8) is 0 Å². The van der Waals surface area contributed by atoms with Gasteiger partial charge in [0.2, 0.25) is 0 Å². The Morgan fingerprint density at radius 2 is 1.55 bits per heavy atom. The maximum absolute atomic E-state index is 12.5. The van der Waals surface area contributed by atoms with E-state index in [0.29, 0.717) is 30.9 Å². The van der Waals surface area contributed by atoms with Crippen molar-refractivity contribution in [1.82, 2.24) is 0 Å². The topological polar surface area (TPSA) is 71.1 Å². The van der Waals surface area contributed by atoms with Crippen molar-refractivity contribution in [2.45, 2.75) is 91.3 Å². The van der Waals surface area contributed by atoms with Gasteiger partial charge in [0.05, 0.1) is 6.61 Å². The van der Waals surface area contributed by atoms with Gasteiger partial charge in [0.15, 0.2) is 18.0 Å². The Morgan fingerprint density at radius 1 is 0.903 bits per heavy atom. The normalized spacial score (nSPS) is 12.8. The van der Waals surface area contributed by atoms with Gasteiger partial charge in [0.1, 0.15) is 18.1 Å². The van der Waals surface area contributed by atoms with Crippen LogP contribution >= 0.6 is 0 Å². The third-order valence-corrected chi connectivity index (χ3v) is 5.04. The zero-order valence-corrected chi connectivity index (χ0v) is 19.9. The molecule has 31 heavy (non-hydrogen) atoms. The summed E-state index contributed by atoms with van der Waals surface area (Å²) in [5, 5.41) is 0. The van der Waals surface area contributed by atoms with Gasteiger partial charge in [-0.1, -0.05) is 45.6 Å². The van der Waals surface area contributed by atoms with E-state index in [0.717, 1.165) is 44.1 Å². The van der Waals surface area contributed by atoms with Gasteiger partial charge >= 0.3 is 5.97 Å². The minimum Gasteiger partial charge on any atom is -0.482 e. The summed E-state index contributed by atoms with van der Waals surface area (Å²) in [5.74, 6) is 0.684. The van der Waals surface area contributed by atoms with E-state index in [1.54, 1.807) is 13.0 Å². The second kappa shape index (κ2) is 15.7. The first kappa shape index (κ1) is 27.0. The third-order valence-electron chi connectivity index (χ3n) is 5.04. The predicted octanol–water partition coefficient (Wildman–Crippen LogP) is 5.43. The summed E-state index contributed by atoms with van der Waals surface area (Å²) in [7, 11) is 1.51. The lowest BCUT2D eigenvalue weighted by Gasteiger charge is -2.21. The average Bonchev–Trinajstić information content (AvgIpc) is 2.75. The summed E-state index contributed by atoms with van der Waals surface area (Å²) in [6, 6.07) is 5.45. The van der Waals surface area contributed by atoms with E-state index in [9.17, 15) is 9.59 Å². The zero-order chi connectivity index (χ0) is 23.1. The van der Waals surface area contributed by atoms with Crippen LogP contribution in [0.4, 0.5) is 0 Å². The second-order valence-electron chi connectivity index (χ2n) is 7.78. The number of benzene rings is 1. The maximum atomic E-state index is 12.5. The van der Waals surface area contributed by atoms with Gasteiger partial charge in [0.25, 0.3) is 0 Å². The first-order valence-corrected chi connectivity index (χ1v) is 11.6. The lowest BCUT2D eigenvalue weighted by Crippen LogP contribution is -2.31. The van der Waals surface area contributed by atoms with Gasteiger partial charge in [-0.2, -0.15) is 0 Å². The van der Waals surface area contributed by atoms with Gasteiger partial charge in [-0.15, -0.1) is 0 Å². The molecule has 0 aromatic heterocycles. The highest BCUT2D eigenvalue weighted by molar-refractivity contribution is 5.84. The quantitative estimate of drug-likeness (QED) is 0.240. The largest absolute Gasteiger partial charge is 0.482 e. The maximum Gasteiger partial charge on any atom is 0.347 e. The molecule has 6 nitrogen and oxygen atoms in total. The second-order valence-corrected chi connectivity index (χ2v) is 7.78. The Kier molecular flexibility index (Phi) is 13.6. The van der Waals surface area contributed by atoms with Crippen LogP contribution in [0.25, 0.3) is 0 Å². The fourth-order valence-corrected chi connectivity index (χ4v) is 3.24. The molecule has 0 saturated heterocycles. The SMILES string of the molecule is CCCCCC(Oc1cc(OC(CCCCC)C(=O)OCC)ccc1C)C(=O)COC. The van der Waals surface area contributed by atoms with E-state index in [4.69, 9.17) is 18.9 Å². The van der Waals surface area contributed by atoms with Crippen LogP contribution in [0, 0.1) is 6.92 Å². The number of carbonyl (C=O) groups is 2. The molecule has 1 aromatic carbocycles. The number of aryl methyl sites for hydroxylation is 1. The fraction of sp³-hybridized carbons (Fsp3) is 0.680. The van der Waals surface area contributed by atoms with Gasteiger partial charge in [0, 0.05) is 13.2 Å². The molecular weight excluding hydrogens is 396 g/mol. The van der Waals surface area contributed by atoms with Crippen molar-refractivity contribution in [1.29, 1.82) is 0 Å². The Bertz CT molecular complexity index is 657. The zero-order valence-electron chi connectivity index (χ0n) is 19.9. The molecule has 0 heterocycles. The number of unbranched alkanes of at least 4 members (excludes halogenated alkanes) is 4. The number of esters is 1. The number of ketones is 1. The van der Waals surface area contributed by atoms with Crippen molar-refractivity contribution in [3.8, 4) is 11.5 Å². The lowest BCUT2D eigenvalue weighted by molar-refractivity contribution is -0.151. The summed E-state index contributed by atoms with van der Waals surface area (Å²) in [6.07, 6.45) is 6.03. The molecule has 1 rings (SSSR count). The summed E-state index contributed by atoms with van der Waals surface area (Å²) >= 11 is 0. The minimum atomic E-state index is -0.655.